The van der Waals surface area contributed by atoms with E-state index in [1.807, 2.05) is 0 Å². The molecule has 5 rings (SSSR count). The Hall–Kier alpha value is -4.22. The molecule has 1 amide bonds. The van der Waals surface area contributed by atoms with Crippen molar-refractivity contribution in [2.24, 2.45) is 0 Å². The Kier molecular flexibility index (Phi) is 7.62. The summed E-state index contributed by atoms with van der Waals surface area (Å²) in [4.78, 5) is 28.0. The molecule has 0 unspecified atom stereocenters. The van der Waals surface area contributed by atoms with Crippen LogP contribution in [0.15, 0.2) is 82.7 Å². The summed E-state index contributed by atoms with van der Waals surface area (Å²) in [5.41, 5.74) is 1.73. The van der Waals surface area contributed by atoms with Gasteiger partial charge in [-0.15, -0.1) is 10.2 Å². The number of anilines is 1. The molecule has 11 heteroatoms. The van der Waals surface area contributed by atoms with Gasteiger partial charge in [-0.1, -0.05) is 71.6 Å². The smallest absolute Gasteiger partial charge is 0.301 e. The third-order valence-corrected chi connectivity index (χ3v) is 8.22. The topological polar surface area (TPSA) is 102 Å². The number of ether oxygens (including phenoxy) is 2. The van der Waals surface area contributed by atoms with E-state index >= 15 is 0 Å². The molecule has 1 N–H and O–H groups in total. The number of rotatable bonds is 8. The van der Waals surface area contributed by atoms with Crippen molar-refractivity contribution in [2.75, 3.05) is 19.1 Å². The lowest BCUT2D eigenvalue weighted by Crippen LogP contribution is -2.29. The first-order valence-electron chi connectivity index (χ1n) is 11.7. The number of benzene rings is 3. The summed E-state index contributed by atoms with van der Waals surface area (Å²) in [7, 11) is 2.99. The number of nitrogens with zero attached hydrogens (tertiary/aromatic N) is 3. The van der Waals surface area contributed by atoms with Crippen LogP contribution in [0.25, 0.3) is 5.76 Å². The first kappa shape index (κ1) is 26.4. The second-order valence-electron chi connectivity index (χ2n) is 8.42. The van der Waals surface area contributed by atoms with E-state index in [0.29, 0.717) is 32.7 Å². The normalized spacial score (nSPS) is 16.5. The highest BCUT2D eigenvalue weighted by Gasteiger charge is 2.48. The Morgan fingerprint density at radius 1 is 1.00 bits per heavy atom. The van der Waals surface area contributed by atoms with E-state index < -0.39 is 17.7 Å². The lowest BCUT2D eigenvalue weighted by atomic mass is 9.95. The van der Waals surface area contributed by atoms with Gasteiger partial charge < -0.3 is 14.6 Å². The quantitative estimate of drug-likeness (QED) is 0.0970. The van der Waals surface area contributed by atoms with Crippen LogP contribution in [0.5, 0.6) is 11.5 Å². The Labute approximate surface area is 231 Å². The van der Waals surface area contributed by atoms with Crippen molar-refractivity contribution in [3.63, 3.8) is 0 Å². The number of halogens is 1. The van der Waals surface area contributed by atoms with Crippen molar-refractivity contribution < 1.29 is 28.6 Å². The maximum Gasteiger partial charge on any atom is 0.301 e. The summed E-state index contributed by atoms with van der Waals surface area (Å²) in [6.07, 6.45) is 0. The van der Waals surface area contributed by atoms with E-state index in [-0.39, 0.29) is 22.3 Å². The molecule has 0 aliphatic carbocycles. The van der Waals surface area contributed by atoms with Crippen molar-refractivity contribution in [3.05, 3.63) is 101 Å². The molecule has 1 fully saturated rings. The van der Waals surface area contributed by atoms with Gasteiger partial charge in [0.15, 0.2) is 15.8 Å². The van der Waals surface area contributed by atoms with Gasteiger partial charge in [0.05, 0.1) is 25.8 Å². The third-order valence-electron chi connectivity index (χ3n) is 6.09. The molecule has 1 aliphatic rings. The number of carbonyl (C=O) groups is 2. The SMILES string of the molecule is COc1ccc([C@H]2C(=C(O)c3ccccc3)C(=O)C(=O)N2c2nnc(SCc3ccc(F)cc3)s2)cc1OC. The number of ketones is 1. The van der Waals surface area contributed by atoms with Crippen LogP contribution >= 0.6 is 23.1 Å². The summed E-state index contributed by atoms with van der Waals surface area (Å²) >= 11 is 2.52. The Balaban J connectivity index is 1.56. The molecule has 1 aliphatic heterocycles. The van der Waals surface area contributed by atoms with Gasteiger partial charge in [0.1, 0.15) is 11.6 Å². The third kappa shape index (κ3) is 5.23. The summed E-state index contributed by atoms with van der Waals surface area (Å²) in [6.45, 7) is 0. The average Bonchev–Trinajstić information content (AvgIpc) is 3.54. The summed E-state index contributed by atoms with van der Waals surface area (Å²) in [5, 5.41) is 19.8. The van der Waals surface area contributed by atoms with Crippen molar-refractivity contribution in [3.8, 4) is 11.5 Å². The first-order chi connectivity index (χ1) is 18.9. The van der Waals surface area contributed by atoms with Crippen molar-refractivity contribution >= 4 is 45.7 Å². The maximum absolute atomic E-state index is 13.4. The highest BCUT2D eigenvalue weighted by molar-refractivity contribution is 8.00. The minimum atomic E-state index is -0.993. The van der Waals surface area contributed by atoms with Crippen molar-refractivity contribution in [1.82, 2.24) is 10.2 Å². The van der Waals surface area contributed by atoms with Crippen LogP contribution in [0.4, 0.5) is 9.52 Å². The van der Waals surface area contributed by atoms with E-state index in [0.717, 1.165) is 16.9 Å². The van der Waals surface area contributed by atoms with Gasteiger partial charge in [-0.3, -0.25) is 14.5 Å². The number of thioether (sulfide) groups is 1. The number of aliphatic hydroxyl groups excluding tert-OH is 1. The number of amides is 1. The minimum absolute atomic E-state index is 0.0749. The van der Waals surface area contributed by atoms with E-state index in [4.69, 9.17) is 9.47 Å². The monoisotopic (exact) mass is 563 g/mol. The fourth-order valence-electron chi connectivity index (χ4n) is 4.20. The molecule has 0 spiro atoms. The van der Waals surface area contributed by atoms with Crippen molar-refractivity contribution in [2.45, 2.75) is 16.1 Å². The number of carbonyl (C=O) groups excluding carboxylic acids is 2. The highest BCUT2D eigenvalue weighted by Crippen LogP contribution is 2.45. The molecule has 4 aromatic rings. The number of methoxy groups -OCH3 is 2. The van der Waals surface area contributed by atoms with Crippen LogP contribution in [0, 0.1) is 5.82 Å². The lowest BCUT2D eigenvalue weighted by Gasteiger charge is -2.23. The molecule has 8 nitrogen and oxygen atoms in total. The lowest BCUT2D eigenvalue weighted by molar-refractivity contribution is -0.132. The number of Topliss-reactive ketones (excluding diaryl/α,β-unsaturated/α-hetero) is 1. The molecule has 0 radical (unpaired) electrons. The Morgan fingerprint density at radius 2 is 1.72 bits per heavy atom. The number of aromatic nitrogens is 2. The second kappa shape index (κ2) is 11.3. The molecule has 2 heterocycles. The second-order valence-corrected chi connectivity index (χ2v) is 10.6. The minimum Gasteiger partial charge on any atom is -0.507 e. The molecular weight excluding hydrogens is 541 g/mol. The van der Waals surface area contributed by atoms with Crippen LogP contribution in [-0.4, -0.2) is 41.2 Å². The van der Waals surface area contributed by atoms with Crippen LogP contribution in [0.1, 0.15) is 22.7 Å². The molecule has 0 saturated carbocycles. The molecule has 198 valence electrons. The largest absolute Gasteiger partial charge is 0.507 e. The molecule has 0 bridgehead atoms. The fraction of sp³-hybridized carbons (Fsp3) is 0.143. The van der Waals surface area contributed by atoms with Gasteiger partial charge in [-0.25, -0.2) is 4.39 Å². The standard InChI is InChI=1S/C28H22FN3O5S2/c1-36-20-13-10-18(14-21(20)37-2)23-22(24(33)17-6-4-3-5-7-17)25(34)26(35)32(23)27-30-31-28(39-27)38-15-16-8-11-19(29)12-9-16/h3-14,23,33H,15H2,1-2H3/t23-/m0/s1. The molecule has 3 aromatic carbocycles. The van der Waals surface area contributed by atoms with Gasteiger partial charge in [-0.05, 0) is 35.4 Å². The van der Waals surface area contributed by atoms with Gasteiger partial charge in [-0.2, -0.15) is 0 Å². The van der Waals surface area contributed by atoms with E-state index in [2.05, 4.69) is 10.2 Å². The van der Waals surface area contributed by atoms with E-state index in [9.17, 15) is 19.1 Å². The molecule has 39 heavy (non-hydrogen) atoms. The van der Waals surface area contributed by atoms with Crippen molar-refractivity contribution in [1.29, 1.82) is 0 Å². The fourth-order valence-corrected chi connectivity index (χ4v) is 6.03. The average molecular weight is 564 g/mol. The predicted molar refractivity (Wildman–Crippen MR) is 147 cm³/mol. The zero-order valence-electron chi connectivity index (χ0n) is 20.8. The van der Waals surface area contributed by atoms with E-state index in [1.165, 1.54) is 43.0 Å². The molecule has 1 saturated heterocycles. The number of hydrogen-bond acceptors (Lipinski definition) is 9. The zero-order valence-corrected chi connectivity index (χ0v) is 22.5. The first-order valence-corrected chi connectivity index (χ1v) is 13.5. The van der Waals surface area contributed by atoms with Gasteiger partial charge in [0.25, 0.3) is 5.78 Å². The van der Waals surface area contributed by atoms with Crippen LogP contribution in [0.3, 0.4) is 0 Å². The Bertz CT molecular complexity index is 1560. The molecule has 1 atom stereocenters. The Morgan fingerprint density at radius 3 is 2.41 bits per heavy atom. The summed E-state index contributed by atoms with van der Waals surface area (Å²) in [6, 6.07) is 18.7. The summed E-state index contributed by atoms with van der Waals surface area (Å²) in [5.74, 6) is -0.911. The summed E-state index contributed by atoms with van der Waals surface area (Å²) < 4.78 is 24.6. The van der Waals surface area contributed by atoms with Crippen LogP contribution in [0.2, 0.25) is 0 Å². The highest BCUT2D eigenvalue weighted by atomic mass is 32.2. The van der Waals surface area contributed by atoms with Crippen LogP contribution in [-0.2, 0) is 15.3 Å². The van der Waals surface area contributed by atoms with Gasteiger partial charge in [0.2, 0.25) is 5.13 Å². The molecular formula is C28H22FN3O5S2. The molecule has 1 aromatic heterocycles. The number of hydrogen-bond donors (Lipinski definition) is 1. The maximum atomic E-state index is 13.4. The van der Waals surface area contributed by atoms with E-state index in [1.54, 1.807) is 60.7 Å². The number of aliphatic hydroxyl groups is 1. The van der Waals surface area contributed by atoms with Gasteiger partial charge in [0, 0.05) is 11.3 Å². The van der Waals surface area contributed by atoms with Gasteiger partial charge >= 0.3 is 5.91 Å². The predicted octanol–water partition coefficient (Wildman–Crippen LogP) is 5.61. The zero-order chi connectivity index (χ0) is 27.5. The van der Waals surface area contributed by atoms with Crippen LogP contribution < -0.4 is 14.4 Å².